The van der Waals surface area contributed by atoms with Crippen molar-refractivity contribution in [3.63, 3.8) is 0 Å². The van der Waals surface area contributed by atoms with E-state index in [4.69, 9.17) is 0 Å². The Labute approximate surface area is 51.7 Å². The minimum absolute atomic E-state index is 0. The van der Waals surface area contributed by atoms with Crippen LogP contribution in [0.4, 0.5) is 0 Å². The summed E-state index contributed by atoms with van der Waals surface area (Å²) in [5.41, 5.74) is 1.72. The van der Waals surface area contributed by atoms with Crippen LogP contribution in [0.15, 0.2) is 24.3 Å². The number of hydrogen-bond donors (Lipinski definition) is 0. The van der Waals surface area contributed by atoms with Crippen LogP contribution in [0.5, 0.6) is 0 Å². The van der Waals surface area contributed by atoms with Crippen molar-refractivity contribution < 1.29 is 0 Å². The van der Waals surface area contributed by atoms with Crippen molar-refractivity contribution in [3.8, 4) is 0 Å². The minimum Gasteiger partial charge on any atom is -0.492 e. The van der Waals surface area contributed by atoms with Crippen LogP contribution < -0.4 is 5.21 Å². The Kier molecular flexibility index (Phi) is 1.07. The van der Waals surface area contributed by atoms with Gasteiger partial charge in [0.05, 0.1) is 11.0 Å². The summed E-state index contributed by atoms with van der Waals surface area (Å²) in [4.78, 5) is 0. The van der Waals surface area contributed by atoms with Crippen molar-refractivity contribution in [1.82, 2.24) is 15.4 Å². The third kappa shape index (κ3) is 0.561. The number of hydrogen-bond acceptors (Lipinski definition) is 2. The molecule has 0 radical (unpaired) electrons. The number of fused-ring (bicyclic) bond motifs is 1. The first-order chi connectivity index (χ1) is 4.47. The molecule has 0 amide bonds. The van der Waals surface area contributed by atoms with E-state index in [2.05, 4.69) is 15.4 Å². The predicted octanol–water partition coefficient (Wildman–Crippen LogP) is 0.587. The third-order valence-corrected chi connectivity index (χ3v) is 1.19. The Hall–Kier alpha value is -2.38. The van der Waals surface area contributed by atoms with Crippen molar-refractivity contribution in [3.05, 3.63) is 24.3 Å². The summed E-state index contributed by atoms with van der Waals surface area (Å²) in [6.07, 6.45) is 0. The fraction of sp³-hybridized carbons (Fsp3) is 0. The van der Waals surface area contributed by atoms with Crippen LogP contribution in [0.1, 0.15) is 0 Å². The van der Waals surface area contributed by atoms with E-state index in [1.807, 2.05) is 24.3 Å². The Morgan fingerprint density at radius 3 is 2.00 bits per heavy atom. The molecule has 4 heteroatoms. The third-order valence-electron chi connectivity index (χ3n) is 1.19. The summed E-state index contributed by atoms with van der Waals surface area (Å²) < 4.78 is 0. The van der Waals surface area contributed by atoms with E-state index in [0.29, 0.717) is 0 Å². The summed E-state index contributed by atoms with van der Waals surface area (Å²) in [6.45, 7) is 0. The van der Waals surface area contributed by atoms with Crippen LogP contribution in [-0.2, 0) is 0 Å². The number of aromatic nitrogens is 3. The zero-order valence-corrected chi connectivity index (χ0v) is 11.8. The van der Waals surface area contributed by atoms with Crippen molar-refractivity contribution in [1.29, 1.82) is 0 Å². The Bertz CT molecular complexity index is 287. The summed E-state index contributed by atoms with van der Waals surface area (Å²) in [6, 6.07) is 7.60. The fourth-order valence-corrected chi connectivity index (χ4v) is 0.752. The molecule has 0 aliphatic heterocycles. The molecule has 0 N–H and O–H groups in total. The zero-order chi connectivity index (χ0) is 6.10. The van der Waals surface area contributed by atoms with E-state index in [9.17, 15) is 0 Å². The maximum Gasteiger partial charge on any atom is 0.0665 e. The van der Waals surface area contributed by atoms with Crippen LogP contribution >= 0.6 is 0 Å². The van der Waals surface area contributed by atoms with E-state index < -0.39 is 0 Å². The average molecular weight is 385 g/mol. The van der Waals surface area contributed by atoms with Gasteiger partial charge >= 0.3 is 0 Å². The monoisotopic (exact) mass is 385 g/mol. The molecule has 0 saturated carbocycles. The van der Waals surface area contributed by atoms with E-state index in [0.717, 1.165) is 11.0 Å². The fourth-order valence-electron chi connectivity index (χ4n) is 0.752. The quantitative estimate of drug-likeness (QED) is 0.667. The number of nitrogens with zero attached hydrogens (tertiary/aromatic N) is 3. The first-order valence-electron chi connectivity index (χ1n) is 2.67. The van der Waals surface area contributed by atoms with E-state index >= 15 is 0 Å². The van der Waals surface area contributed by atoms with Crippen molar-refractivity contribution in [2.75, 3.05) is 0 Å². The van der Waals surface area contributed by atoms with Crippen LogP contribution in [0.3, 0.4) is 0 Å². The number of rotatable bonds is 0. The molecule has 3 nitrogen and oxygen atoms in total. The van der Waals surface area contributed by atoms with Crippen molar-refractivity contribution in [2.45, 2.75) is 0 Å². The molecule has 0 unspecified atom stereocenters. The summed E-state index contributed by atoms with van der Waals surface area (Å²) in [7, 11) is 0. The maximum atomic E-state index is 3.76. The maximum absolute atomic E-state index is 3.76. The van der Waals surface area contributed by atoms with Crippen LogP contribution in [0.25, 0.3) is 11.0 Å². The summed E-state index contributed by atoms with van der Waals surface area (Å²) >= 11 is 0. The molecule has 0 saturated heterocycles. The van der Waals surface area contributed by atoms with Gasteiger partial charge in [0.15, 0.2) is 0 Å². The second-order valence-electron chi connectivity index (χ2n) is 1.78. The molecule has 10 heavy (non-hydrogen) atoms. The average Bonchev–Trinajstić information content (AvgIpc) is 2.33. The zero-order valence-electron chi connectivity index (χ0n) is 5.36. The smallest absolute Gasteiger partial charge is 0.0665 e. The van der Waals surface area contributed by atoms with E-state index in [-0.39, 0.29) is 0 Å². The molecule has 0 aliphatic rings. The van der Waals surface area contributed by atoms with E-state index in [1.54, 1.807) is 0 Å². The predicted molar refractivity (Wildman–Crippen MR) is 32.9 cm³/mol. The molecular formula is C6H4N3Rf-. The molecule has 2 aromatic rings. The first kappa shape index (κ1) is 5.75. The summed E-state index contributed by atoms with van der Waals surface area (Å²) in [5.74, 6) is 0. The molecule has 0 atom stereocenters. The second kappa shape index (κ2) is 1.85. The van der Waals surface area contributed by atoms with Crippen molar-refractivity contribution >= 4 is 11.0 Å². The Balaban J connectivity index is 0.000000500. The summed E-state index contributed by atoms with van der Waals surface area (Å²) in [5, 5.41) is 11.0. The topological polar surface area (TPSA) is 39.9 Å². The molecular weight excluding hydrogens is 381 g/mol. The van der Waals surface area contributed by atoms with Gasteiger partial charge in [-0.05, 0) is 12.1 Å². The molecule has 1 aromatic carbocycles. The number of benzene rings is 1. The van der Waals surface area contributed by atoms with Gasteiger partial charge in [-0.25, -0.2) is 0 Å². The molecule has 0 bridgehead atoms. The molecule has 0 fully saturated rings. The van der Waals surface area contributed by atoms with Gasteiger partial charge in [0.2, 0.25) is 0 Å². The van der Waals surface area contributed by atoms with Crippen LogP contribution in [0.2, 0.25) is 0 Å². The SMILES string of the molecule is [Rf].c1ccc2n[n-]nc2c1. The van der Waals surface area contributed by atoms with E-state index in [1.165, 1.54) is 0 Å². The van der Waals surface area contributed by atoms with Gasteiger partial charge < -0.3 is 15.4 Å². The molecule has 2 rings (SSSR count). The van der Waals surface area contributed by atoms with Crippen LogP contribution in [0, 0.1) is 0 Å². The van der Waals surface area contributed by atoms with Gasteiger partial charge in [-0.1, -0.05) is 12.1 Å². The Morgan fingerprint density at radius 1 is 1.00 bits per heavy atom. The van der Waals surface area contributed by atoms with Gasteiger partial charge in [0.25, 0.3) is 0 Å². The van der Waals surface area contributed by atoms with Gasteiger partial charge in [-0.15, -0.1) is 0 Å². The molecule has 0 aliphatic carbocycles. The van der Waals surface area contributed by atoms with Crippen molar-refractivity contribution in [2.24, 2.45) is 0 Å². The minimum atomic E-state index is 0. The largest absolute Gasteiger partial charge is 0.492 e. The van der Waals surface area contributed by atoms with Gasteiger partial charge in [0.1, 0.15) is 0 Å². The molecule has 0 spiro atoms. The second-order valence-corrected chi connectivity index (χ2v) is 1.78. The van der Waals surface area contributed by atoms with Gasteiger partial charge in [-0.3, -0.25) is 0 Å². The first-order valence-corrected chi connectivity index (χ1v) is 2.67. The van der Waals surface area contributed by atoms with Gasteiger partial charge in [0, 0.05) is 0 Å². The molecule has 1 aromatic heterocycles. The van der Waals surface area contributed by atoms with Gasteiger partial charge in [-0.2, -0.15) is 0 Å². The normalized spacial score (nSPS) is 9.20. The molecule has 46 valence electrons. The molecule has 1 heterocycles. The van der Waals surface area contributed by atoms with Crippen LogP contribution in [-0.4, -0.2) is 10.2 Å². The Morgan fingerprint density at radius 2 is 1.50 bits per heavy atom. The standard InChI is InChI=1S/C6H4N3.Rf/c1-2-4-6-5(3-1)7-9-8-6;/h1-4H;/q-1;.